The second kappa shape index (κ2) is 8.39. The normalized spacial score (nSPS) is 10.7. The molecule has 0 aliphatic carbocycles. The summed E-state index contributed by atoms with van der Waals surface area (Å²) in [6, 6.07) is 9.60. The van der Waals surface area contributed by atoms with Gasteiger partial charge in [0.25, 0.3) is 0 Å². The zero-order valence-corrected chi connectivity index (χ0v) is 14.4. The van der Waals surface area contributed by atoms with Crippen LogP contribution in [-0.4, -0.2) is 31.6 Å². The molecule has 4 nitrogen and oxygen atoms in total. The van der Waals surface area contributed by atoms with E-state index in [-0.39, 0.29) is 5.91 Å². The molecule has 1 amide bonds. The molecule has 0 atom stereocenters. The molecule has 2 aromatic rings. The van der Waals surface area contributed by atoms with Crippen molar-refractivity contribution in [3.8, 4) is 11.5 Å². The minimum atomic E-state index is -0.00400. The van der Waals surface area contributed by atoms with Crippen molar-refractivity contribution in [3.63, 3.8) is 0 Å². The van der Waals surface area contributed by atoms with Crippen molar-refractivity contribution in [2.75, 3.05) is 20.8 Å². The Balaban J connectivity index is 2.07. The van der Waals surface area contributed by atoms with E-state index in [9.17, 15) is 4.79 Å². The molecule has 1 aromatic carbocycles. The number of benzene rings is 1. The highest BCUT2D eigenvalue weighted by Gasteiger charge is 2.10. The van der Waals surface area contributed by atoms with Crippen LogP contribution in [0.25, 0.3) is 6.08 Å². The van der Waals surface area contributed by atoms with Crippen LogP contribution in [0.1, 0.15) is 17.4 Å². The summed E-state index contributed by atoms with van der Waals surface area (Å²) in [6.45, 7) is 3.30. The van der Waals surface area contributed by atoms with Gasteiger partial charge in [-0.1, -0.05) is 12.1 Å². The number of methoxy groups -OCH3 is 2. The zero-order chi connectivity index (χ0) is 16.7. The number of amides is 1. The number of thiophene rings is 1. The summed E-state index contributed by atoms with van der Waals surface area (Å²) in [5.41, 5.74) is 0.892. The average molecular weight is 331 g/mol. The number of rotatable bonds is 7. The predicted molar refractivity (Wildman–Crippen MR) is 94.0 cm³/mol. The minimum absolute atomic E-state index is 0.00400. The standard InChI is InChI=1S/C18H21NO3S/c1-4-19(13-15-6-5-11-23-15)18(20)10-8-14-7-9-16(21-2)17(12-14)22-3/h5-12H,4,13H2,1-3H3. The van der Waals surface area contributed by atoms with Crippen LogP contribution < -0.4 is 9.47 Å². The van der Waals surface area contributed by atoms with Crippen molar-refractivity contribution in [1.29, 1.82) is 0 Å². The van der Waals surface area contributed by atoms with E-state index >= 15 is 0 Å². The molecule has 0 N–H and O–H groups in total. The predicted octanol–water partition coefficient (Wildman–Crippen LogP) is 3.83. The Morgan fingerprint density at radius 2 is 2.00 bits per heavy atom. The van der Waals surface area contributed by atoms with E-state index in [1.165, 1.54) is 4.88 Å². The van der Waals surface area contributed by atoms with E-state index < -0.39 is 0 Å². The van der Waals surface area contributed by atoms with Gasteiger partial charge in [0.05, 0.1) is 20.8 Å². The van der Waals surface area contributed by atoms with Crippen LogP contribution >= 0.6 is 11.3 Å². The largest absolute Gasteiger partial charge is 0.493 e. The molecule has 0 unspecified atom stereocenters. The van der Waals surface area contributed by atoms with Gasteiger partial charge in [-0.3, -0.25) is 4.79 Å². The molecule has 1 heterocycles. The van der Waals surface area contributed by atoms with Crippen molar-refractivity contribution in [2.45, 2.75) is 13.5 Å². The van der Waals surface area contributed by atoms with Crippen LogP contribution in [0.15, 0.2) is 41.8 Å². The number of likely N-dealkylation sites (N-methyl/N-ethyl adjacent to an activating group) is 1. The molecule has 0 saturated heterocycles. The number of nitrogens with zero attached hydrogens (tertiary/aromatic N) is 1. The summed E-state index contributed by atoms with van der Waals surface area (Å²) < 4.78 is 10.5. The maximum Gasteiger partial charge on any atom is 0.246 e. The van der Waals surface area contributed by atoms with Crippen molar-refractivity contribution in [2.24, 2.45) is 0 Å². The third-order valence-corrected chi connectivity index (χ3v) is 4.31. The Morgan fingerprint density at radius 3 is 2.61 bits per heavy atom. The molecule has 0 aliphatic rings. The number of hydrogen-bond donors (Lipinski definition) is 0. The maximum atomic E-state index is 12.3. The van der Waals surface area contributed by atoms with Gasteiger partial charge in [-0.15, -0.1) is 11.3 Å². The average Bonchev–Trinajstić information content (AvgIpc) is 3.10. The van der Waals surface area contributed by atoms with Gasteiger partial charge in [-0.05, 0) is 42.1 Å². The first-order valence-electron chi connectivity index (χ1n) is 7.39. The maximum absolute atomic E-state index is 12.3. The van der Waals surface area contributed by atoms with Crippen LogP contribution in [0.4, 0.5) is 0 Å². The third-order valence-electron chi connectivity index (χ3n) is 3.45. The Kier molecular flexibility index (Phi) is 6.23. The van der Waals surface area contributed by atoms with Crippen LogP contribution in [0.5, 0.6) is 11.5 Å². The summed E-state index contributed by atoms with van der Waals surface area (Å²) in [6.07, 6.45) is 3.39. The number of hydrogen-bond acceptors (Lipinski definition) is 4. The second-order valence-electron chi connectivity index (χ2n) is 4.88. The highest BCUT2D eigenvalue weighted by molar-refractivity contribution is 7.09. The monoisotopic (exact) mass is 331 g/mol. The van der Waals surface area contributed by atoms with E-state index in [2.05, 4.69) is 0 Å². The fourth-order valence-electron chi connectivity index (χ4n) is 2.17. The molecule has 122 valence electrons. The summed E-state index contributed by atoms with van der Waals surface area (Å²) in [5.74, 6) is 1.31. The first-order chi connectivity index (χ1) is 11.2. The molecule has 0 spiro atoms. The lowest BCUT2D eigenvalue weighted by molar-refractivity contribution is -0.126. The Hall–Kier alpha value is -2.27. The van der Waals surface area contributed by atoms with Gasteiger partial charge in [-0.2, -0.15) is 0 Å². The number of carbonyl (C=O) groups excluding carboxylic acids is 1. The van der Waals surface area contributed by atoms with Gasteiger partial charge in [0.15, 0.2) is 11.5 Å². The molecule has 5 heteroatoms. The van der Waals surface area contributed by atoms with E-state index in [4.69, 9.17) is 9.47 Å². The number of carbonyl (C=O) groups is 1. The molecule has 2 rings (SSSR count). The smallest absolute Gasteiger partial charge is 0.246 e. The third kappa shape index (κ3) is 4.60. The Labute approximate surface area is 141 Å². The quantitative estimate of drug-likeness (QED) is 0.724. The molecule has 0 fully saturated rings. The van der Waals surface area contributed by atoms with Crippen molar-refractivity contribution in [3.05, 3.63) is 52.2 Å². The van der Waals surface area contributed by atoms with E-state index in [1.54, 1.807) is 37.7 Å². The van der Waals surface area contributed by atoms with E-state index in [0.717, 1.165) is 5.56 Å². The van der Waals surface area contributed by atoms with Gasteiger partial charge < -0.3 is 14.4 Å². The summed E-state index contributed by atoms with van der Waals surface area (Å²) >= 11 is 1.66. The van der Waals surface area contributed by atoms with E-state index in [1.807, 2.05) is 47.5 Å². The van der Waals surface area contributed by atoms with Crippen LogP contribution in [0.2, 0.25) is 0 Å². The molecular weight excluding hydrogens is 310 g/mol. The topological polar surface area (TPSA) is 38.8 Å². The number of ether oxygens (including phenoxy) is 2. The highest BCUT2D eigenvalue weighted by Crippen LogP contribution is 2.28. The fraction of sp³-hybridized carbons (Fsp3) is 0.278. The van der Waals surface area contributed by atoms with Gasteiger partial charge in [0.1, 0.15) is 0 Å². The zero-order valence-electron chi connectivity index (χ0n) is 13.6. The first kappa shape index (κ1) is 17.1. The molecule has 23 heavy (non-hydrogen) atoms. The van der Waals surface area contributed by atoms with Crippen LogP contribution in [0, 0.1) is 0 Å². The lowest BCUT2D eigenvalue weighted by Crippen LogP contribution is -2.28. The minimum Gasteiger partial charge on any atom is -0.493 e. The molecular formula is C18H21NO3S. The molecule has 1 aromatic heterocycles. The molecule has 0 saturated carbocycles. The molecule has 0 aliphatic heterocycles. The molecule has 0 radical (unpaired) electrons. The summed E-state index contributed by atoms with van der Waals surface area (Å²) in [5, 5.41) is 2.02. The summed E-state index contributed by atoms with van der Waals surface area (Å²) in [7, 11) is 3.19. The van der Waals surface area contributed by atoms with Gasteiger partial charge in [-0.25, -0.2) is 0 Å². The molecule has 0 bridgehead atoms. The van der Waals surface area contributed by atoms with Crippen molar-refractivity contribution in [1.82, 2.24) is 4.90 Å². The van der Waals surface area contributed by atoms with Crippen molar-refractivity contribution >= 4 is 23.3 Å². The van der Waals surface area contributed by atoms with Crippen LogP contribution in [0.3, 0.4) is 0 Å². The SMILES string of the molecule is CCN(Cc1cccs1)C(=O)C=Cc1ccc(OC)c(OC)c1. The Morgan fingerprint density at radius 1 is 1.22 bits per heavy atom. The lowest BCUT2D eigenvalue weighted by Gasteiger charge is -2.18. The van der Waals surface area contributed by atoms with Gasteiger partial charge in [0, 0.05) is 17.5 Å². The lowest BCUT2D eigenvalue weighted by atomic mass is 10.2. The van der Waals surface area contributed by atoms with Gasteiger partial charge >= 0.3 is 0 Å². The van der Waals surface area contributed by atoms with Gasteiger partial charge in [0.2, 0.25) is 5.91 Å². The van der Waals surface area contributed by atoms with E-state index in [0.29, 0.717) is 24.6 Å². The van der Waals surface area contributed by atoms with Crippen LogP contribution in [-0.2, 0) is 11.3 Å². The second-order valence-corrected chi connectivity index (χ2v) is 5.91. The Bertz CT molecular complexity index is 665. The van der Waals surface area contributed by atoms with Crippen molar-refractivity contribution < 1.29 is 14.3 Å². The fourth-order valence-corrected chi connectivity index (χ4v) is 2.89. The highest BCUT2D eigenvalue weighted by atomic mass is 32.1. The summed E-state index contributed by atoms with van der Waals surface area (Å²) in [4.78, 5) is 15.3. The first-order valence-corrected chi connectivity index (χ1v) is 8.27.